The van der Waals surface area contributed by atoms with Gasteiger partial charge in [-0.15, -0.1) is 0 Å². The molecule has 1 rings (SSSR count). The summed E-state index contributed by atoms with van der Waals surface area (Å²) in [7, 11) is 0. The maximum Gasteiger partial charge on any atom is 0.229 e. The molecule has 0 N–H and O–H groups in total. The fourth-order valence-electron chi connectivity index (χ4n) is 0.445. The van der Waals surface area contributed by atoms with Crippen molar-refractivity contribution in [3.05, 3.63) is 24.2 Å². The lowest BCUT2D eigenvalue weighted by molar-refractivity contribution is 0.0331. The van der Waals surface area contributed by atoms with E-state index in [-0.39, 0.29) is 0 Å². The lowest BCUT2D eigenvalue weighted by Gasteiger charge is -1.99. The summed E-state index contributed by atoms with van der Waals surface area (Å²) in [4.78, 5) is 0. The van der Waals surface area contributed by atoms with Gasteiger partial charge >= 0.3 is 0 Å². The summed E-state index contributed by atoms with van der Waals surface area (Å²) in [5, 5.41) is 0. The van der Waals surface area contributed by atoms with Crippen LogP contribution in [0.1, 0.15) is 6.92 Å². The molecule has 1 aliphatic rings. The molecule has 0 aromatic heterocycles. The molecule has 8 heavy (non-hydrogen) atoms. The van der Waals surface area contributed by atoms with Crippen molar-refractivity contribution in [3.63, 3.8) is 0 Å². The van der Waals surface area contributed by atoms with E-state index in [4.69, 9.17) is 9.47 Å². The van der Waals surface area contributed by atoms with Crippen LogP contribution in [0, 0.1) is 0 Å². The van der Waals surface area contributed by atoms with Crippen LogP contribution in [0.15, 0.2) is 24.2 Å². The molecule has 1 heterocycles. The second-order valence-electron chi connectivity index (χ2n) is 1.53. The topological polar surface area (TPSA) is 18.5 Å². The Morgan fingerprint density at radius 1 is 1.62 bits per heavy atom. The Labute approximate surface area is 48.4 Å². The van der Waals surface area contributed by atoms with Crippen LogP contribution in [0.3, 0.4) is 0 Å². The molecule has 0 radical (unpaired) electrons. The number of allylic oxidation sites excluding steroid dienone is 3. The molecule has 0 unspecified atom stereocenters. The van der Waals surface area contributed by atoms with Gasteiger partial charge in [0, 0.05) is 0 Å². The number of hydrogen-bond acceptors (Lipinski definition) is 2. The molecule has 0 aromatic rings. The Hall–Kier alpha value is -0.920. The summed E-state index contributed by atoms with van der Waals surface area (Å²) < 4.78 is 9.79. The number of rotatable bonds is 0. The Morgan fingerprint density at radius 2 is 2.50 bits per heavy atom. The normalized spacial score (nSPS) is 17.9. The van der Waals surface area contributed by atoms with Crippen LogP contribution < -0.4 is 0 Å². The van der Waals surface area contributed by atoms with Crippen molar-refractivity contribution < 1.29 is 9.47 Å². The molecule has 0 aromatic carbocycles. The molecular weight excluding hydrogens is 104 g/mol. The summed E-state index contributed by atoms with van der Waals surface area (Å²) in [6.45, 7) is 2.22. The SMILES string of the molecule is CC1=CC=COCO1. The van der Waals surface area contributed by atoms with Crippen LogP contribution in [0.25, 0.3) is 0 Å². The molecule has 0 atom stereocenters. The van der Waals surface area contributed by atoms with Crippen molar-refractivity contribution in [2.24, 2.45) is 0 Å². The minimum Gasteiger partial charge on any atom is -0.465 e. The van der Waals surface area contributed by atoms with Crippen molar-refractivity contribution in [1.82, 2.24) is 0 Å². The maximum absolute atomic E-state index is 4.98. The molecule has 2 heteroatoms. The van der Waals surface area contributed by atoms with E-state index in [2.05, 4.69) is 0 Å². The number of hydrogen-bond donors (Lipinski definition) is 0. The van der Waals surface area contributed by atoms with Gasteiger partial charge in [0.15, 0.2) is 0 Å². The number of ether oxygens (including phenoxy) is 2. The van der Waals surface area contributed by atoms with Gasteiger partial charge in [-0.05, 0) is 19.1 Å². The third-order valence-corrected chi connectivity index (χ3v) is 0.860. The van der Waals surface area contributed by atoms with Crippen LogP contribution >= 0.6 is 0 Å². The van der Waals surface area contributed by atoms with Crippen molar-refractivity contribution in [1.29, 1.82) is 0 Å². The van der Waals surface area contributed by atoms with Gasteiger partial charge in [0.05, 0.1) is 12.0 Å². The zero-order valence-corrected chi connectivity index (χ0v) is 4.76. The largest absolute Gasteiger partial charge is 0.465 e. The monoisotopic (exact) mass is 112 g/mol. The Kier molecular flexibility index (Phi) is 1.57. The van der Waals surface area contributed by atoms with E-state index in [0.717, 1.165) is 5.76 Å². The fourth-order valence-corrected chi connectivity index (χ4v) is 0.445. The molecule has 0 bridgehead atoms. The summed E-state index contributed by atoms with van der Waals surface area (Å²) in [5.74, 6) is 0.888. The second kappa shape index (κ2) is 2.40. The highest BCUT2D eigenvalue weighted by Gasteiger charge is 1.88. The average Bonchev–Trinajstić information content (AvgIpc) is 1.94. The van der Waals surface area contributed by atoms with Gasteiger partial charge in [0.1, 0.15) is 0 Å². The summed E-state index contributed by atoms with van der Waals surface area (Å²) in [5.41, 5.74) is 0. The van der Waals surface area contributed by atoms with Crippen molar-refractivity contribution in [2.75, 3.05) is 6.79 Å². The first-order valence-electron chi connectivity index (χ1n) is 2.47. The van der Waals surface area contributed by atoms with Gasteiger partial charge in [0.25, 0.3) is 0 Å². The molecular formula is C6H8O2. The van der Waals surface area contributed by atoms with E-state index >= 15 is 0 Å². The molecule has 0 amide bonds. The standard InChI is InChI=1S/C6H8O2/c1-6-3-2-4-7-5-8-6/h2-4H,5H2,1H3. The Bertz CT molecular complexity index is 124. The second-order valence-corrected chi connectivity index (χ2v) is 1.53. The van der Waals surface area contributed by atoms with Gasteiger partial charge < -0.3 is 9.47 Å². The first kappa shape index (κ1) is 5.22. The quantitative estimate of drug-likeness (QED) is 0.471. The van der Waals surface area contributed by atoms with Gasteiger partial charge in [-0.2, -0.15) is 0 Å². The third-order valence-electron chi connectivity index (χ3n) is 0.860. The van der Waals surface area contributed by atoms with E-state index in [0.29, 0.717) is 6.79 Å². The van der Waals surface area contributed by atoms with Gasteiger partial charge in [-0.1, -0.05) is 0 Å². The van der Waals surface area contributed by atoms with Crippen LogP contribution in [0.2, 0.25) is 0 Å². The predicted molar refractivity (Wildman–Crippen MR) is 29.9 cm³/mol. The van der Waals surface area contributed by atoms with Gasteiger partial charge in [-0.25, -0.2) is 0 Å². The molecule has 0 fully saturated rings. The highest BCUT2D eigenvalue weighted by molar-refractivity contribution is 5.04. The summed E-state index contributed by atoms with van der Waals surface area (Å²) in [6, 6.07) is 0. The smallest absolute Gasteiger partial charge is 0.229 e. The minimum absolute atomic E-state index is 0.332. The molecule has 0 aliphatic carbocycles. The highest BCUT2D eigenvalue weighted by atomic mass is 16.7. The first-order chi connectivity index (χ1) is 3.89. The molecule has 2 nitrogen and oxygen atoms in total. The highest BCUT2D eigenvalue weighted by Crippen LogP contribution is 1.99. The van der Waals surface area contributed by atoms with E-state index < -0.39 is 0 Å². The summed E-state index contributed by atoms with van der Waals surface area (Å²) >= 11 is 0. The van der Waals surface area contributed by atoms with Gasteiger partial charge in [0.2, 0.25) is 6.79 Å². The zero-order valence-electron chi connectivity index (χ0n) is 4.76. The van der Waals surface area contributed by atoms with Crippen LogP contribution in [0.5, 0.6) is 0 Å². The van der Waals surface area contributed by atoms with E-state index in [1.807, 2.05) is 19.1 Å². The van der Waals surface area contributed by atoms with Crippen LogP contribution in [0.4, 0.5) is 0 Å². The molecule has 44 valence electrons. The Morgan fingerprint density at radius 3 is 3.38 bits per heavy atom. The van der Waals surface area contributed by atoms with Gasteiger partial charge in [-0.3, -0.25) is 0 Å². The lowest BCUT2D eigenvalue weighted by atomic mass is 10.5. The fraction of sp³-hybridized carbons (Fsp3) is 0.333. The maximum atomic E-state index is 4.98. The van der Waals surface area contributed by atoms with Crippen molar-refractivity contribution >= 4 is 0 Å². The van der Waals surface area contributed by atoms with E-state index in [1.54, 1.807) is 6.26 Å². The molecule has 1 aliphatic heterocycles. The van der Waals surface area contributed by atoms with Crippen LogP contribution in [-0.4, -0.2) is 6.79 Å². The zero-order chi connectivity index (χ0) is 5.82. The average molecular weight is 112 g/mol. The van der Waals surface area contributed by atoms with Crippen LogP contribution in [-0.2, 0) is 9.47 Å². The predicted octanol–water partition coefficient (Wildman–Crippen LogP) is 1.41. The Balaban J connectivity index is 2.52. The molecule has 0 spiro atoms. The van der Waals surface area contributed by atoms with Crippen molar-refractivity contribution in [2.45, 2.75) is 6.92 Å². The third kappa shape index (κ3) is 1.30. The molecule has 0 saturated heterocycles. The summed E-state index contributed by atoms with van der Waals surface area (Å²) in [6.07, 6.45) is 5.27. The van der Waals surface area contributed by atoms with E-state index in [1.165, 1.54) is 0 Å². The van der Waals surface area contributed by atoms with E-state index in [9.17, 15) is 0 Å². The van der Waals surface area contributed by atoms with Crippen molar-refractivity contribution in [3.8, 4) is 0 Å². The first-order valence-corrected chi connectivity index (χ1v) is 2.47. The molecule has 0 saturated carbocycles. The lowest BCUT2D eigenvalue weighted by Crippen LogP contribution is -1.89. The minimum atomic E-state index is 0.332.